The first-order valence-electron chi connectivity index (χ1n) is 13.8. The quantitative estimate of drug-likeness (QED) is 0.243. The number of piperidine rings is 1. The van der Waals surface area contributed by atoms with E-state index in [0.29, 0.717) is 35.5 Å². The minimum Gasteiger partial charge on any atom is -0.489 e. The first-order chi connectivity index (χ1) is 18.8. The monoisotopic (exact) mass is 585 g/mol. The number of ether oxygens (including phenoxy) is 1. The first-order valence-corrected chi connectivity index (χ1v) is 15.7. The Balaban J connectivity index is 1.67. The van der Waals surface area contributed by atoms with E-state index in [1.54, 1.807) is 38.1 Å². The third kappa shape index (κ3) is 6.87. The molecule has 2 heterocycles. The predicted octanol–water partition coefficient (Wildman–Crippen LogP) is 7.14. The Bertz CT molecular complexity index is 1450. The molecule has 40 heavy (non-hydrogen) atoms. The van der Waals surface area contributed by atoms with Crippen LogP contribution in [0.5, 0.6) is 5.75 Å². The van der Waals surface area contributed by atoms with Gasteiger partial charge in [-0.1, -0.05) is 23.7 Å². The number of hydrogen-bond donors (Lipinski definition) is 3. The summed E-state index contributed by atoms with van der Waals surface area (Å²) >= 11 is 6.44. The highest BCUT2D eigenvalue weighted by Gasteiger charge is 2.27. The minimum absolute atomic E-state index is 0.0234. The molecule has 1 saturated heterocycles. The van der Waals surface area contributed by atoms with Crippen LogP contribution in [0.4, 0.5) is 23.1 Å². The van der Waals surface area contributed by atoms with Crippen LogP contribution in [-0.4, -0.2) is 41.8 Å². The van der Waals surface area contributed by atoms with Crippen LogP contribution in [0.2, 0.25) is 5.02 Å². The van der Waals surface area contributed by atoms with E-state index >= 15 is 0 Å². The van der Waals surface area contributed by atoms with E-state index in [4.69, 9.17) is 16.3 Å². The average molecular weight is 586 g/mol. The summed E-state index contributed by atoms with van der Waals surface area (Å²) in [6, 6.07) is 11.9. The second kappa shape index (κ2) is 12.3. The average Bonchev–Trinajstić information content (AvgIpc) is 2.87. The van der Waals surface area contributed by atoms with Crippen molar-refractivity contribution in [2.45, 2.75) is 95.6 Å². The molecule has 3 N–H and O–H groups in total. The van der Waals surface area contributed by atoms with Gasteiger partial charge in [-0.2, -0.15) is 4.98 Å². The van der Waals surface area contributed by atoms with Gasteiger partial charge in [0, 0.05) is 12.1 Å². The van der Waals surface area contributed by atoms with Crippen LogP contribution in [-0.2, 0) is 9.84 Å². The number of para-hydroxylation sites is 1. The number of rotatable bonds is 9. The lowest BCUT2D eigenvalue weighted by Gasteiger charge is -2.34. The maximum absolute atomic E-state index is 12.9. The number of hydrogen-bond acceptors (Lipinski definition) is 8. The molecule has 2 aromatic carbocycles. The summed E-state index contributed by atoms with van der Waals surface area (Å²) in [7, 11) is -3.53. The van der Waals surface area contributed by atoms with Crippen LogP contribution >= 0.6 is 11.6 Å². The van der Waals surface area contributed by atoms with Gasteiger partial charge in [0.2, 0.25) is 5.95 Å². The number of aryl methyl sites for hydroxylation is 1. The standard InChI is InChI=1S/C30H40ClN5O3S/c1-17(2)39-27-15-23(22-13-20(6)33-21(7)14-22)19(5)12-26(27)35-30-32-16-24(31)29(36-30)34-25-10-8-9-11-28(25)40(37,38)18(3)4/h8-12,15-18,20-22,33H,13-14H2,1-7H3,(H2,32,34,35,36)/t20-,21-/m1/s1. The molecule has 0 saturated carbocycles. The van der Waals surface area contributed by atoms with Crippen LogP contribution in [0.15, 0.2) is 47.5 Å². The molecule has 216 valence electrons. The van der Waals surface area contributed by atoms with E-state index in [-0.39, 0.29) is 16.0 Å². The van der Waals surface area contributed by atoms with Crippen molar-refractivity contribution in [1.82, 2.24) is 15.3 Å². The summed E-state index contributed by atoms with van der Waals surface area (Å²) in [6.07, 6.45) is 3.61. The maximum Gasteiger partial charge on any atom is 0.229 e. The Morgan fingerprint density at radius 2 is 1.70 bits per heavy atom. The second-order valence-corrected chi connectivity index (χ2v) is 14.1. The van der Waals surface area contributed by atoms with E-state index in [1.165, 1.54) is 17.3 Å². The summed E-state index contributed by atoms with van der Waals surface area (Å²) in [5.41, 5.74) is 3.62. The van der Waals surface area contributed by atoms with Crippen molar-refractivity contribution in [2.75, 3.05) is 10.6 Å². The lowest BCUT2D eigenvalue weighted by atomic mass is 9.82. The Morgan fingerprint density at radius 3 is 2.35 bits per heavy atom. The third-order valence-electron chi connectivity index (χ3n) is 7.07. The van der Waals surface area contributed by atoms with Crippen LogP contribution in [0.25, 0.3) is 0 Å². The van der Waals surface area contributed by atoms with Gasteiger partial charge in [-0.25, -0.2) is 13.4 Å². The lowest BCUT2D eigenvalue weighted by Crippen LogP contribution is -2.41. The Morgan fingerprint density at radius 1 is 1.02 bits per heavy atom. The smallest absolute Gasteiger partial charge is 0.229 e. The molecule has 0 unspecified atom stereocenters. The number of aromatic nitrogens is 2. The molecule has 0 radical (unpaired) electrons. The minimum atomic E-state index is -3.53. The van der Waals surface area contributed by atoms with Gasteiger partial charge >= 0.3 is 0 Å². The van der Waals surface area contributed by atoms with Crippen molar-refractivity contribution in [2.24, 2.45) is 0 Å². The van der Waals surface area contributed by atoms with Gasteiger partial charge < -0.3 is 20.7 Å². The molecule has 8 nitrogen and oxygen atoms in total. The predicted molar refractivity (Wildman–Crippen MR) is 163 cm³/mol. The van der Waals surface area contributed by atoms with Gasteiger partial charge in [0.1, 0.15) is 10.8 Å². The molecule has 0 spiro atoms. The van der Waals surface area contributed by atoms with E-state index in [1.807, 2.05) is 13.8 Å². The number of anilines is 4. The number of benzene rings is 2. The molecule has 4 rings (SSSR count). The van der Waals surface area contributed by atoms with Gasteiger partial charge in [-0.3, -0.25) is 0 Å². The fourth-order valence-electron chi connectivity index (χ4n) is 5.25. The molecule has 0 bridgehead atoms. The number of halogens is 1. The van der Waals surface area contributed by atoms with Crippen LogP contribution in [0.1, 0.15) is 71.4 Å². The summed E-state index contributed by atoms with van der Waals surface area (Å²) in [6.45, 7) is 13.9. The van der Waals surface area contributed by atoms with Gasteiger partial charge in [0.15, 0.2) is 15.7 Å². The van der Waals surface area contributed by atoms with E-state index < -0.39 is 15.1 Å². The number of nitrogens with one attached hydrogen (secondary N) is 3. The Hall–Kier alpha value is -2.88. The highest BCUT2D eigenvalue weighted by Crippen LogP contribution is 2.39. The molecular formula is C30H40ClN5O3S. The fourth-order valence-corrected chi connectivity index (χ4v) is 6.59. The number of nitrogens with zero attached hydrogens (tertiary/aromatic N) is 2. The molecule has 1 aliphatic heterocycles. The molecule has 1 fully saturated rings. The molecule has 3 aromatic rings. The lowest BCUT2D eigenvalue weighted by molar-refractivity contribution is 0.243. The van der Waals surface area contributed by atoms with E-state index in [2.05, 4.69) is 58.8 Å². The largest absolute Gasteiger partial charge is 0.489 e. The summed E-state index contributed by atoms with van der Waals surface area (Å²) in [5.74, 6) is 1.78. The fraction of sp³-hybridized carbons (Fsp3) is 0.467. The summed E-state index contributed by atoms with van der Waals surface area (Å²) in [4.78, 5) is 9.16. The molecule has 0 amide bonds. The topological polar surface area (TPSA) is 105 Å². The Kier molecular flexibility index (Phi) is 9.27. The van der Waals surface area contributed by atoms with Crippen molar-refractivity contribution < 1.29 is 13.2 Å². The normalized spacial score (nSPS) is 19.6. The zero-order chi connectivity index (χ0) is 29.2. The van der Waals surface area contributed by atoms with Crippen LogP contribution < -0.4 is 20.7 Å². The van der Waals surface area contributed by atoms with Crippen LogP contribution in [0.3, 0.4) is 0 Å². The zero-order valence-corrected chi connectivity index (χ0v) is 25.8. The first kappa shape index (κ1) is 30.1. The summed E-state index contributed by atoms with van der Waals surface area (Å²) < 4.78 is 32.1. The SMILES string of the molecule is Cc1cc(Nc2ncc(Cl)c(Nc3ccccc3S(=O)(=O)C(C)C)n2)c(OC(C)C)cc1C1C[C@@H](C)N[C@H](C)C1. The maximum atomic E-state index is 12.9. The van der Waals surface area contributed by atoms with Crippen molar-refractivity contribution in [3.63, 3.8) is 0 Å². The van der Waals surface area contributed by atoms with Gasteiger partial charge in [-0.15, -0.1) is 0 Å². The second-order valence-electron chi connectivity index (χ2n) is 11.2. The van der Waals surface area contributed by atoms with Gasteiger partial charge in [0.25, 0.3) is 0 Å². The van der Waals surface area contributed by atoms with E-state index in [0.717, 1.165) is 24.3 Å². The summed E-state index contributed by atoms with van der Waals surface area (Å²) in [5, 5.41) is 9.73. The van der Waals surface area contributed by atoms with Crippen molar-refractivity contribution in [3.05, 3.63) is 58.7 Å². The highest BCUT2D eigenvalue weighted by atomic mass is 35.5. The van der Waals surface area contributed by atoms with Gasteiger partial charge in [0.05, 0.1) is 33.8 Å². The number of sulfone groups is 1. The van der Waals surface area contributed by atoms with Crippen molar-refractivity contribution in [1.29, 1.82) is 0 Å². The zero-order valence-electron chi connectivity index (χ0n) is 24.2. The van der Waals surface area contributed by atoms with E-state index in [9.17, 15) is 8.42 Å². The highest BCUT2D eigenvalue weighted by molar-refractivity contribution is 7.92. The van der Waals surface area contributed by atoms with Crippen molar-refractivity contribution >= 4 is 44.6 Å². The molecule has 1 aliphatic rings. The van der Waals surface area contributed by atoms with Crippen LogP contribution in [0, 0.1) is 6.92 Å². The van der Waals surface area contributed by atoms with Gasteiger partial charge in [-0.05, 0) is 103 Å². The third-order valence-corrected chi connectivity index (χ3v) is 9.56. The molecule has 2 atom stereocenters. The Labute approximate surface area is 243 Å². The van der Waals surface area contributed by atoms with Crippen molar-refractivity contribution in [3.8, 4) is 5.75 Å². The molecule has 0 aliphatic carbocycles. The molecule has 1 aromatic heterocycles. The molecule has 10 heteroatoms. The molecular weight excluding hydrogens is 546 g/mol.